The number of amides is 1. The van der Waals surface area contributed by atoms with E-state index in [4.69, 9.17) is 9.88 Å². The van der Waals surface area contributed by atoms with Crippen molar-refractivity contribution in [1.29, 1.82) is 0 Å². The molecular weight excluding hydrogens is 303 g/mol. The SMILES string of the molecule is CC(C)(C)OC(=O)N1CC(SN)CC(c2ccc(F)cc2)C1. The van der Waals surface area contributed by atoms with E-state index in [1.54, 1.807) is 17.0 Å². The first-order valence-electron chi connectivity index (χ1n) is 7.37. The van der Waals surface area contributed by atoms with Crippen LogP contribution in [0.4, 0.5) is 9.18 Å². The van der Waals surface area contributed by atoms with Crippen molar-refractivity contribution in [3.63, 3.8) is 0 Å². The number of carbonyl (C=O) groups excluding carboxylic acids is 1. The van der Waals surface area contributed by atoms with E-state index >= 15 is 0 Å². The van der Waals surface area contributed by atoms with E-state index in [9.17, 15) is 9.18 Å². The largest absolute Gasteiger partial charge is 0.444 e. The van der Waals surface area contributed by atoms with E-state index in [0.717, 1.165) is 12.0 Å². The molecular formula is C16H23FN2O2S. The van der Waals surface area contributed by atoms with Crippen LogP contribution < -0.4 is 5.14 Å². The fourth-order valence-electron chi connectivity index (χ4n) is 2.60. The quantitative estimate of drug-likeness (QED) is 0.845. The second-order valence-corrected chi connectivity index (χ2v) is 7.57. The molecule has 0 saturated carbocycles. The molecule has 0 bridgehead atoms. The van der Waals surface area contributed by atoms with Crippen LogP contribution in [-0.2, 0) is 4.74 Å². The van der Waals surface area contributed by atoms with Crippen LogP contribution in [0.1, 0.15) is 38.7 Å². The number of nitrogens with two attached hydrogens (primary N) is 1. The van der Waals surface area contributed by atoms with Gasteiger partial charge in [0.1, 0.15) is 11.4 Å². The normalized spacial score (nSPS) is 22.5. The van der Waals surface area contributed by atoms with Gasteiger partial charge in [-0.1, -0.05) is 24.1 Å². The third-order valence-corrected chi connectivity index (χ3v) is 4.32. The first kappa shape index (κ1) is 17.1. The molecule has 0 spiro atoms. The summed E-state index contributed by atoms with van der Waals surface area (Å²) in [5, 5.41) is 5.88. The molecule has 1 amide bonds. The van der Waals surface area contributed by atoms with Gasteiger partial charge in [-0.15, -0.1) is 0 Å². The number of piperidine rings is 1. The Kier molecular flexibility index (Phi) is 5.34. The number of halogens is 1. The van der Waals surface area contributed by atoms with Gasteiger partial charge in [0.15, 0.2) is 0 Å². The summed E-state index contributed by atoms with van der Waals surface area (Å²) in [7, 11) is 0. The predicted molar refractivity (Wildman–Crippen MR) is 87.1 cm³/mol. The van der Waals surface area contributed by atoms with Crippen molar-refractivity contribution < 1.29 is 13.9 Å². The summed E-state index contributed by atoms with van der Waals surface area (Å²) < 4.78 is 18.5. The van der Waals surface area contributed by atoms with Crippen LogP contribution in [-0.4, -0.2) is 34.9 Å². The fourth-order valence-corrected chi connectivity index (χ4v) is 3.21. The third kappa shape index (κ3) is 4.61. The lowest BCUT2D eigenvalue weighted by molar-refractivity contribution is 0.0203. The van der Waals surface area contributed by atoms with Gasteiger partial charge < -0.3 is 9.64 Å². The van der Waals surface area contributed by atoms with Crippen LogP contribution in [0.3, 0.4) is 0 Å². The van der Waals surface area contributed by atoms with Gasteiger partial charge in [0.2, 0.25) is 0 Å². The highest BCUT2D eigenvalue weighted by molar-refractivity contribution is 7.97. The van der Waals surface area contributed by atoms with Gasteiger partial charge in [-0.3, -0.25) is 5.14 Å². The number of ether oxygens (including phenoxy) is 1. The number of benzene rings is 1. The second kappa shape index (κ2) is 6.87. The zero-order valence-electron chi connectivity index (χ0n) is 13.2. The zero-order valence-corrected chi connectivity index (χ0v) is 14.0. The molecule has 2 atom stereocenters. The number of hydrogen-bond donors (Lipinski definition) is 1. The lowest BCUT2D eigenvalue weighted by Crippen LogP contribution is -2.46. The number of hydrogen-bond acceptors (Lipinski definition) is 4. The van der Waals surface area contributed by atoms with E-state index < -0.39 is 5.60 Å². The maximum atomic E-state index is 13.1. The highest BCUT2D eigenvalue weighted by Gasteiger charge is 2.33. The van der Waals surface area contributed by atoms with Gasteiger partial charge in [0.05, 0.1) is 0 Å². The van der Waals surface area contributed by atoms with Crippen molar-refractivity contribution in [1.82, 2.24) is 4.90 Å². The summed E-state index contributed by atoms with van der Waals surface area (Å²) in [6.45, 7) is 6.69. The average Bonchev–Trinajstić information content (AvgIpc) is 2.45. The van der Waals surface area contributed by atoms with Gasteiger partial charge in [-0.2, -0.15) is 0 Å². The van der Waals surface area contributed by atoms with Crippen molar-refractivity contribution in [2.45, 2.75) is 44.0 Å². The Hall–Kier alpha value is -1.27. The van der Waals surface area contributed by atoms with E-state index in [1.165, 1.54) is 24.1 Å². The topological polar surface area (TPSA) is 55.6 Å². The molecule has 1 heterocycles. The first-order valence-corrected chi connectivity index (χ1v) is 8.31. The minimum absolute atomic E-state index is 0.142. The molecule has 6 heteroatoms. The molecule has 2 unspecified atom stereocenters. The first-order chi connectivity index (χ1) is 10.3. The van der Waals surface area contributed by atoms with Crippen LogP contribution in [0.25, 0.3) is 0 Å². The van der Waals surface area contributed by atoms with Crippen LogP contribution in [0.15, 0.2) is 24.3 Å². The summed E-state index contributed by atoms with van der Waals surface area (Å²) in [4.78, 5) is 14.0. The van der Waals surface area contributed by atoms with E-state index in [1.807, 2.05) is 20.8 Å². The number of carbonyl (C=O) groups is 1. The monoisotopic (exact) mass is 326 g/mol. The zero-order chi connectivity index (χ0) is 16.3. The Bertz CT molecular complexity index is 516. The maximum Gasteiger partial charge on any atom is 0.410 e. The molecule has 1 fully saturated rings. The Morgan fingerprint density at radius 3 is 2.50 bits per heavy atom. The number of nitrogens with zero attached hydrogens (tertiary/aromatic N) is 1. The van der Waals surface area contributed by atoms with E-state index in [-0.39, 0.29) is 23.1 Å². The van der Waals surface area contributed by atoms with Gasteiger partial charge in [0.25, 0.3) is 0 Å². The van der Waals surface area contributed by atoms with Gasteiger partial charge >= 0.3 is 6.09 Å². The summed E-state index contributed by atoms with van der Waals surface area (Å²) in [5.74, 6) is -0.115. The summed E-state index contributed by atoms with van der Waals surface area (Å²) >= 11 is 1.26. The molecule has 0 radical (unpaired) electrons. The molecule has 2 rings (SSSR count). The molecule has 1 aromatic rings. The Morgan fingerprint density at radius 1 is 1.32 bits per heavy atom. The molecule has 22 heavy (non-hydrogen) atoms. The Balaban J connectivity index is 2.12. The smallest absolute Gasteiger partial charge is 0.410 e. The molecule has 2 N–H and O–H groups in total. The van der Waals surface area contributed by atoms with Crippen LogP contribution in [0.5, 0.6) is 0 Å². The molecule has 122 valence electrons. The average molecular weight is 326 g/mol. The highest BCUT2D eigenvalue weighted by atomic mass is 32.2. The molecule has 0 aromatic heterocycles. The molecule has 1 aliphatic heterocycles. The summed E-state index contributed by atoms with van der Waals surface area (Å²) in [6.07, 6.45) is 0.546. The number of likely N-dealkylation sites (tertiary alicyclic amines) is 1. The van der Waals surface area contributed by atoms with E-state index in [2.05, 4.69) is 0 Å². The number of rotatable bonds is 2. The standard InChI is InChI=1S/C16H23FN2O2S/c1-16(2,3)21-15(20)19-9-12(8-14(10-19)22-18)11-4-6-13(17)7-5-11/h4-7,12,14H,8-10,18H2,1-3H3. The maximum absolute atomic E-state index is 13.1. The van der Waals surface area contributed by atoms with Crippen molar-refractivity contribution in [2.24, 2.45) is 5.14 Å². The van der Waals surface area contributed by atoms with Gasteiger partial charge in [-0.05, 0) is 44.9 Å². The molecule has 1 saturated heterocycles. The van der Waals surface area contributed by atoms with Crippen molar-refractivity contribution in [3.05, 3.63) is 35.6 Å². The molecule has 1 aliphatic rings. The van der Waals surface area contributed by atoms with Crippen molar-refractivity contribution in [2.75, 3.05) is 13.1 Å². The molecule has 0 aliphatic carbocycles. The molecule has 4 nitrogen and oxygen atoms in total. The fraction of sp³-hybridized carbons (Fsp3) is 0.562. The van der Waals surface area contributed by atoms with Crippen molar-refractivity contribution >= 4 is 18.0 Å². The van der Waals surface area contributed by atoms with Crippen LogP contribution in [0, 0.1) is 5.82 Å². The predicted octanol–water partition coefficient (Wildman–Crippen LogP) is 3.53. The minimum Gasteiger partial charge on any atom is -0.444 e. The highest BCUT2D eigenvalue weighted by Crippen LogP contribution is 2.31. The third-order valence-electron chi connectivity index (χ3n) is 3.60. The lowest BCUT2D eigenvalue weighted by atomic mass is 9.90. The Labute approximate surface area is 135 Å². The summed E-state index contributed by atoms with van der Waals surface area (Å²) in [5.41, 5.74) is 0.499. The van der Waals surface area contributed by atoms with Gasteiger partial charge in [-0.25, -0.2) is 9.18 Å². The minimum atomic E-state index is -0.523. The van der Waals surface area contributed by atoms with Gasteiger partial charge in [0, 0.05) is 24.3 Å². The van der Waals surface area contributed by atoms with E-state index in [0.29, 0.717) is 13.1 Å². The Morgan fingerprint density at radius 2 is 1.95 bits per heavy atom. The van der Waals surface area contributed by atoms with Crippen LogP contribution in [0.2, 0.25) is 0 Å². The van der Waals surface area contributed by atoms with Crippen molar-refractivity contribution in [3.8, 4) is 0 Å². The van der Waals surface area contributed by atoms with Crippen LogP contribution >= 0.6 is 11.9 Å². The lowest BCUT2D eigenvalue weighted by Gasteiger charge is -2.37. The summed E-state index contributed by atoms with van der Waals surface area (Å²) in [6, 6.07) is 6.45. The molecule has 1 aromatic carbocycles. The second-order valence-electron chi connectivity index (χ2n) is 6.63.